The SMILES string of the molecule is COCCN(CCCN)C1CCN(C)CC1. The molecule has 4 nitrogen and oxygen atoms in total. The van der Waals surface area contributed by atoms with Gasteiger partial charge < -0.3 is 15.4 Å². The molecule has 0 aromatic rings. The molecule has 0 spiro atoms. The van der Waals surface area contributed by atoms with Gasteiger partial charge in [-0.1, -0.05) is 0 Å². The maximum Gasteiger partial charge on any atom is 0.0589 e. The smallest absolute Gasteiger partial charge is 0.0589 e. The van der Waals surface area contributed by atoms with Gasteiger partial charge in [-0.15, -0.1) is 0 Å². The van der Waals surface area contributed by atoms with E-state index in [0.29, 0.717) is 0 Å². The van der Waals surface area contributed by atoms with Crippen LogP contribution >= 0.6 is 0 Å². The minimum Gasteiger partial charge on any atom is -0.383 e. The van der Waals surface area contributed by atoms with Crippen LogP contribution < -0.4 is 5.73 Å². The first kappa shape index (κ1) is 13.9. The average Bonchev–Trinajstić information content (AvgIpc) is 2.31. The third-order valence-electron chi connectivity index (χ3n) is 3.44. The topological polar surface area (TPSA) is 41.7 Å². The first-order valence-corrected chi connectivity index (χ1v) is 6.39. The molecule has 1 heterocycles. The molecule has 96 valence electrons. The molecule has 0 unspecified atom stereocenters. The van der Waals surface area contributed by atoms with E-state index in [1.807, 2.05) is 0 Å². The van der Waals surface area contributed by atoms with E-state index in [2.05, 4.69) is 16.8 Å². The van der Waals surface area contributed by atoms with Crippen LogP contribution in [0.4, 0.5) is 0 Å². The Morgan fingerprint density at radius 1 is 1.31 bits per heavy atom. The van der Waals surface area contributed by atoms with E-state index in [9.17, 15) is 0 Å². The second kappa shape index (κ2) is 8.01. The van der Waals surface area contributed by atoms with Gasteiger partial charge >= 0.3 is 0 Å². The molecule has 0 aromatic carbocycles. The summed E-state index contributed by atoms with van der Waals surface area (Å²) in [7, 11) is 3.98. The molecule has 1 rings (SSSR count). The molecule has 0 aromatic heterocycles. The molecular formula is C12H27N3O. The Hall–Kier alpha value is -0.160. The van der Waals surface area contributed by atoms with E-state index in [0.717, 1.165) is 38.7 Å². The van der Waals surface area contributed by atoms with Crippen LogP contribution in [0.5, 0.6) is 0 Å². The normalized spacial score (nSPS) is 19.5. The first-order valence-electron chi connectivity index (χ1n) is 6.39. The number of piperidine rings is 1. The van der Waals surface area contributed by atoms with Crippen molar-refractivity contribution in [2.24, 2.45) is 5.73 Å². The van der Waals surface area contributed by atoms with E-state index in [4.69, 9.17) is 10.5 Å². The summed E-state index contributed by atoms with van der Waals surface area (Å²) in [6.07, 6.45) is 3.66. The van der Waals surface area contributed by atoms with E-state index >= 15 is 0 Å². The Morgan fingerprint density at radius 3 is 2.56 bits per heavy atom. The van der Waals surface area contributed by atoms with Crippen molar-refractivity contribution in [2.75, 3.05) is 53.5 Å². The van der Waals surface area contributed by atoms with Crippen molar-refractivity contribution in [2.45, 2.75) is 25.3 Å². The molecule has 4 heteroatoms. The molecule has 0 radical (unpaired) electrons. The lowest BCUT2D eigenvalue weighted by Crippen LogP contribution is -2.45. The first-order chi connectivity index (χ1) is 7.77. The highest BCUT2D eigenvalue weighted by atomic mass is 16.5. The lowest BCUT2D eigenvalue weighted by Gasteiger charge is -2.37. The van der Waals surface area contributed by atoms with Crippen LogP contribution in [0.3, 0.4) is 0 Å². The predicted octanol–water partition coefficient (Wildman–Crippen LogP) is 0.378. The molecule has 1 aliphatic heterocycles. The van der Waals surface area contributed by atoms with Gasteiger partial charge in [0.25, 0.3) is 0 Å². The second-order valence-electron chi connectivity index (χ2n) is 4.71. The maximum atomic E-state index is 5.59. The van der Waals surface area contributed by atoms with Crippen molar-refractivity contribution < 1.29 is 4.74 Å². The summed E-state index contributed by atoms with van der Waals surface area (Å²) in [5.41, 5.74) is 5.59. The molecule has 0 atom stereocenters. The highest BCUT2D eigenvalue weighted by Gasteiger charge is 2.22. The Labute approximate surface area is 99.7 Å². The molecule has 2 N–H and O–H groups in total. The molecule has 0 bridgehead atoms. The molecule has 1 aliphatic rings. The fourth-order valence-electron chi connectivity index (χ4n) is 2.34. The number of hydrogen-bond acceptors (Lipinski definition) is 4. The zero-order valence-corrected chi connectivity index (χ0v) is 10.8. The van der Waals surface area contributed by atoms with Gasteiger partial charge in [-0.05, 0) is 52.5 Å². The van der Waals surface area contributed by atoms with Gasteiger partial charge in [0.2, 0.25) is 0 Å². The lowest BCUT2D eigenvalue weighted by molar-refractivity contribution is 0.0851. The Balaban J connectivity index is 2.34. The van der Waals surface area contributed by atoms with Gasteiger partial charge in [0, 0.05) is 19.7 Å². The van der Waals surface area contributed by atoms with Crippen molar-refractivity contribution in [3.63, 3.8) is 0 Å². The highest BCUT2D eigenvalue weighted by Crippen LogP contribution is 2.15. The van der Waals surface area contributed by atoms with Gasteiger partial charge in [0.15, 0.2) is 0 Å². The van der Waals surface area contributed by atoms with Gasteiger partial charge in [0.05, 0.1) is 6.61 Å². The Morgan fingerprint density at radius 2 is 2.00 bits per heavy atom. The van der Waals surface area contributed by atoms with Crippen molar-refractivity contribution in [3.8, 4) is 0 Å². The average molecular weight is 229 g/mol. The summed E-state index contributed by atoms with van der Waals surface area (Å²) in [4.78, 5) is 4.97. The number of methoxy groups -OCH3 is 1. The minimum atomic E-state index is 0.734. The van der Waals surface area contributed by atoms with Crippen LogP contribution in [-0.4, -0.2) is 69.3 Å². The van der Waals surface area contributed by atoms with Crippen molar-refractivity contribution in [1.82, 2.24) is 9.80 Å². The summed E-state index contributed by atoms with van der Waals surface area (Å²) >= 11 is 0. The summed E-state index contributed by atoms with van der Waals surface area (Å²) in [5.74, 6) is 0. The van der Waals surface area contributed by atoms with Gasteiger partial charge in [-0.3, -0.25) is 4.90 Å². The summed E-state index contributed by atoms with van der Waals surface area (Å²) in [5, 5.41) is 0. The van der Waals surface area contributed by atoms with Gasteiger partial charge in [-0.25, -0.2) is 0 Å². The second-order valence-corrected chi connectivity index (χ2v) is 4.71. The van der Waals surface area contributed by atoms with Crippen LogP contribution in [0.15, 0.2) is 0 Å². The molecule has 16 heavy (non-hydrogen) atoms. The van der Waals surface area contributed by atoms with E-state index in [1.165, 1.54) is 25.9 Å². The molecule has 0 aliphatic carbocycles. The molecule has 0 saturated carbocycles. The van der Waals surface area contributed by atoms with Crippen molar-refractivity contribution in [3.05, 3.63) is 0 Å². The third kappa shape index (κ3) is 4.78. The summed E-state index contributed by atoms with van der Waals surface area (Å²) in [6.45, 7) is 6.22. The largest absolute Gasteiger partial charge is 0.383 e. The third-order valence-corrected chi connectivity index (χ3v) is 3.44. The van der Waals surface area contributed by atoms with Crippen molar-refractivity contribution in [1.29, 1.82) is 0 Å². The van der Waals surface area contributed by atoms with E-state index < -0.39 is 0 Å². The van der Waals surface area contributed by atoms with Crippen molar-refractivity contribution >= 4 is 0 Å². The Bertz CT molecular complexity index is 162. The number of ether oxygens (including phenoxy) is 1. The van der Waals surface area contributed by atoms with Crippen LogP contribution in [0, 0.1) is 0 Å². The minimum absolute atomic E-state index is 0.734. The van der Waals surface area contributed by atoms with Crippen LogP contribution in [0.2, 0.25) is 0 Å². The number of nitrogens with two attached hydrogens (primary N) is 1. The molecule has 0 amide bonds. The monoisotopic (exact) mass is 229 g/mol. The van der Waals surface area contributed by atoms with E-state index in [1.54, 1.807) is 7.11 Å². The number of nitrogens with zero attached hydrogens (tertiary/aromatic N) is 2. The van der Waals surface area contributed by atoms with Crippen LogP contribution in [-0.2, 0) is 4.74 Å². The predicted molar refractivity (Wildman–Crippen MR) is 67.6 cm³/mol. The standard InChI is InChI=1S/C12H27N3O/c1-14-8-4-12(5-9-14)15(7-3-6-13)10-11-16-2/h12H,3-11,13H2,1-2H3. The maximum absolute atomic E-state index is 5.59. The molecular weight excluding hydrogens is 202 g/mol. The van der Waals surface area contributed by atoms with Gasteiger partial charge in [-0.2, -0.15) is 0 Å². The number of hydrogen-bond donors (Lipinski definition) is 1. The number of likely N-dealkylation sites (tertiary alicyclic amines) is 1. The zero-order chi connectivity index (χ0) is 11.8. The van der Waals surface area contributed by atoms with Gasteiger partial charge in [0.1, 0.15) is 0 Å². The summed E-state index contributed by atoms with van der Waals surface area (Å²) < 4.78 is 5.18. The lowest BCUT2D eigenvalue weighted by atomic mass is 10.0. The Kier molecular flexibility index (Phi) is 6.96. The highest BCUT2D eigenvalue weighted by molar-refractivity contribution is 4.78. The number of rotatable bonds is 7. The molecule has 1 fully saturated rings. The van der Waals surface area contributed by atoms with Crippen LogP contribution in [0.1, 0.15) is 19.3 Å². The fraction of sp³-hybridized carbons (Fsp3) is 1.00. The van der Waals surface area contributed by atoms with E-state index in [-0.39, 0.29) is 0 Å². The zero-order valence-electron chi connectivity index (χ0n) is 10.8. The van der Waals surface area contributed by atoms with Crippen LogP contribution in [0.25, 0.3) is 0 Å². The molecule has 1 saturated heterocycles. The summed E-state index contributed by atoms with van der Waals surface area (Å²) in [6, 6.07) is 0.734. The fourth-order valence-corrected chi connectivity index (χ4v) is 2.34. The quantitative estimate of drug-likeness (QED) is 0.685.